The first-order chi connectivity index (χ1) is 9.70. The Labute approximate surface area is 115 Å². The second-order valence-electron chi connectivity index (χ2n) is 4.21. The standard InChI is InChI=1S/C15H10N4O/c1-2-9-5-6-10(12(20)8-9)13-11-4-3-7-17-14(11)15(16)19-18-13/h1,3-8,20H,(H2,16,19). The van der Waals surface area contributed by atoms with Crippen molar-refractivity contribution in [2.45, 2.75) is 0 Å². The van der Waals surface area contributed by atoms with Gasteiger partial charge in [-0.25, -0.2) is 0 Å². The van der Waals surface area contributed by atoms with Crippen LogP contribution in [0, 0.1) is 12.3 Å². The molecule has 0 saturated carbocycles. The topological polar surface area (TPSA) is 84.9 Å². The summed E-state index contributed by atoms with van der Waals surface area (Å²) < 4.78 is 0. The maximum atomic E-state index is 10.1. The van der Waals surface area contributed by atoms with Gasteiger partial charge in [0.1, 0.15) is 17.0 Å². The van der Waals surface area contributed by atoms with Crippen molar-refractivity contribution in [3.63, 3.8) is 0 Å². The zero-order chi connectivity index (χ0) is 14.1. The van der Waals surface area contributed by atoms with E-state index >= 15 is 0 Å². The maximum absolute atomic E-state index is 10.1. The molecule has 3 aromatic rings. The third kappa shape index (κ3) is 1.80. The number of benzene rings is 1. The largest absolute Gasteiger partial charge is 0.507 e. The van der Waals surface area contributed by atoms with Crippen LogP contribution < -0.4 is 5.73 Å². The van der Waals surface area contributed by atoms with E-state index in [9.17, 15) is 5.11 Å². The number of hydrogen-bond acceptors (Lipinski definition) is 5. The number of aromatic hydroxyl groups is 1. The average Bonchev–Trinajstić information content (AvgIpc) is 2.48. The van der Waals surface area contributed by atoms with Crippen LogP contribution in [0.3, 0.4) is 0 Å². The van der Waals surface area contributed by atoms with Crippen LogP contribution in [-0.4, -0.2) is 20.3 Å². The van der Waals surface area contributed by atoms with Crippen LogP contribution in [0.15, 0.2) is 36.5 Å². The smallest absolute Gasteiger partial charge is 0.172 e. The van der Waals surface area contributed by atoms with E-state index in [2.05, 4.69) is 21.1 Å². The van der Waals surface area contributed by atoms with Crippen molar-refractivity contribution in [2.75, 3.05) is 5.73 Å². The molecule has 0 atom stereocenters. The molecule has 3 N–H and O–H groups in total. The van der Waals surface area contributed by atoms with Crippen molar-refractivity contribution in [1.82, 2.24) is 15.2 Å². The van der Waals surface area contributed by atoms with Crippen LogP contribution >= 0.6 is 0 Å². The Balaban J connectivity index is 2.31. The minimum absolute atomic E-state index is 0.0460. The molecule has 2 heterocycles. The number of phenolic OH excluding ortho intramolecular Hbond substituents is 1. The van der Waals surface area contributed by atoms with Gasteiger partial charge in [0.05, 0.1) is 0 Å². The summed E-state index contributed by atoms with van der Waals surface area (Å²) in [5.74, 6) is 2.76. The van der Waals surface area contributed by atoms with Gasteiger partial charge in [-0.2, -0.15) is 0 Å². The highest BCUT2D eigenvalue weighted by atomic mass is 16.3. The van der Waals surface area contributed by atoms with Crippen LogP contribution in [0.4, 0.5) is 5.82 Å². The molecule has 5 nitrogen and oxygen atoms in total. The Morgan fingerprint density at radius 3 is 2.80 bits per heavy atom. The minimum Gasteiger partial charge on any atom is -0.507 e. The molecule has 0 aliphatic rings. The van der Waals surface area contributed by atoms with Crippen LogP contribution in [0.25, 0.3) is 22.2 Å². The molecular formula is C15H10N4O. The summed E-state index contributed by atoms with van der Waals surface area (Å²) in [4.78, 5) is 4.19. The lowest BCUT2D eigenvalue weighted by molar-refractivity contribution is 0.477. The molecule has 3 rings (SSSR count). The first kappa shape index (κ1) is 11.9. The molecule has 0 unspecified atom stereocenters. The summed E-state index contributed by atoms with van der Waals surface area (Å²) in [7, 11) is 0. The van der Waals surface area contributed by atoms with Gasteiger partial charge < -0.3 is 10.8 Å². The van der Waals surface area contributed by atoms with Crippen LogP contribution in [0.2, 0.25) is 0 Å². The minimum atomic E-state index is 0.0460. The fourth-order valence-electron chi connectivity index (χ4n) is 2.03. The quantitative estimate of drug-likeness (QED) is 0.655. The molecule has 0 spiro atoms. The molecule has 5 heteroatoms. The number of nitrogens with zero attached hydrogens (tertiary/aromatic N) is 3. The molecule has 0 saturated heterocycles. The molecule has 0 radical (unpaired) electrons. The van der Waals surface area contributed by atoms with Crippen molar-refractivity contribution in [1.29, 1.82) is 0 Å². The van der Waals surface area contributed by atoms with Crippen LogP contribution in [0.1, 0.15) is 5.56 Å². The lowest BCUT2D eigenvalue weighted by Crippen LogP contribution is -1.99. The summed E-state index contributed by atoms with van der Waals surface area (Å²) in [6.07, 6.45) is 6.93. The number of anilines is 1. The van der Waals surface area contributed by atoms with Gasteiger partial charge in [0.2, 0.25) is 0 Å². The van der Waals surface area contributed by atoms with Crippen molar-refractivity contribution in [3.8, 4) is 29.4 Å². The number of hydrogen-bond donors (Lipinski definition) is 2. The van der Waals surface area contributed by atoms with E-state index in [1.54, 1.807) is 24.4 Å². The van der Waals surface area contributed by atoms with E-state index in [1.807, 2.05) is 6.07 Å². The average molecular weight is 262 g/mol. The Kier molecular flexibility index (Phi) is 2.70. The van der Waals surface area contributed by atoms with Gasteiger partial charge in [-0.1, -0.05) is 5.92 Å². The maximum Gasteiger partial charge on any atom is 0.172 e. The molecule has 0 aliphatic heterocycles. The fraction of sp³-hybridized carbons (Fsp3) is 0. The van der Waals surface area contributed by atoms with E-state index < -0.39 is 0 Å². The van der Waals surface area contributed by atoms with E-state index in [1.165, 1.54) is 6.07 Å². The number of phenols is 1. The number of rotatable bonds is 1. The van der Waals surface area contributed by atoms with E-state index in [0.717, 1.165) is 5.39 Å². The third-order valence-electron chi connectivity index (χ3n) is 2.98. The molecule has 0 amide bonds. The number of fused-ring (bicyclic) bond motifs is 1. The molecule has 1 aromatic carbocycles. The zero-order valence-electron chi connectivity index (χ0n) is 10.4. The van der Waals surface area contributed by atoms with E-state index in [0.29, 0.717) is 22.3 Å². The van der Waals surface area contributed by atoms with E-state index in [4.69, 9.17) is 12.2 Å². The molecule has 0 aliphatic carbocycles. The number of nitrogens with two attached hydrogens (primary N) is 1. The number of aromatic nitrogens is 3. The highest BCUT2D eigenvalue weighted by Gasteiger charge is 2.13. The van der Waals surface area contributed by atoms with Crippen molar-refractivity contribution in [2.24, 2.45) is 0 Å². The van der Waals surface area contributed by atoms with Crippen molar-refractivity contribution >= 4 is 16.7 Å². The highest BCUT2D eigenvalue weighted by molar-refractivity contribution is 5.97. The monoisotopic (exact) mass is 262 g/mol. The molecule has 2 aromatic heterocycles. The summed E-state index contributed by atoms with van der Waals surface area (Å²) >= 11 is 0. The molecular weight excluding hydrogens is 252 g/mol. The lowest BCUT2D eigenvalue weighted by atomic mass is 10.0. The van der Waals surface area contributed by atoms with Gasteiger partial charge in [-0.15, -0.1) is 16.6 Å². The highest BCUT2D eigenvalue weighted by Crippen LogP contribution is 2.33. The zero-order valence-corrected chi connectivity index (χ0v) is 10.4. The number of terminal acetylenes is 1. The first-order valence-corrected chi connectivity index (χ1v) is 5.87. The van der Waals surface area contributed by atoms with Crippen LogP contribution in [-0.2, 0) is 0 Å². The van der Waals surface area contributed by atoms with Crippen molar-refractivity contribution in [3.05, 3.63) is 42.1 Å². The predicted octanol–water partition coefficient (Wildman–Crippen LogP) is 1.96. The fourth-order valence-corrected chi connectivity index (χ4v) is 2.03. The Morgan fingerprint density at radius 2 is 2.05 bits per heavy atom. The summed E-state index contributed by atoms with van der Waals surface area (Å²) in [5.41, 5.74) is 7.96. The van der Waals surface area contributed by atoms with Gasteiger partial charge in [-0.3, -0.25) is 4.98 Å². The van der Waals surface area contributed by atoms with Gasteiger partial charge in [0.25, 0.3) is 0 Å². The van der Waals surface area contributed by atoms with Gasteiger partial charge in [0.15, 0.2) is 5.82 Å². The van der Waals surface area contributed by atoms with Crippen LogP contribution in [0.5, 0.6) is 5.75 Å². The summed E-state index contributed by atoms with van der Waals surface area (Å²) in [6.45, 7) is 0. The molecule has 20 heavy (non-hydrogen) atoms. The lowest BCUT2D eigenvalue weighted by Gasteiger charge is -2.08. The van der Waals surface area contributed by atoms with Crippen molar-refractivity contribution < 1.29 is 5.11 Å². The molecule has 0 fully saturated rings. The predicted molar refractivity (Wildman–Crippen MR) is 76.8 cm³/mol. The van der Waals surface area contributed by atoms with Gasteiger partial charge in [-0.05, 0) is 30.3 Å². The molecule has 96 valence electrons. The summed E-state index contributed by atoms with van der Waals surface area (Å²) in [5, 5.41) is 18.8. The second-order valence-corrected chi connectivity index (χ2v) is 4.21. The Bertz CT molecular complexity index is 852. The number of pyridine rings is 1. The molecule has 0 bridgehead atoms. The summed E-state index contributed by atoms with van der Waals surface area (Å²) in [6, 6.07) is 8.55. The second kappa shape index (κ2) is 4.52. The first-order valence-electron chi connectivity index (χ1n) is 5.87. The van der Waals surface area contributed by atoms with Gasteiger partial charge >= 0.3 is 0 Å². The SMILES string of the molecule is C#Cc1ccc(-c2nnc(N)c3ncccc23)c(O)c1. The number of nitrogen functional groups attached to an aromatic ring is 1. The van der Waals surface area contributed by atoms with Gasteiger partial charge in [0, 0.05) is 22.7 Å². The Hall–Kier alpha value is -3.13. The Morgan fingerprint density at radius 1 is 1.20 bits per heavy atom. The normalized spacial score (nSPS) is 10.3. The third-order valence-corrected chi connectivity index (χ3v) is 2.98. The van der Waals surface area contributed by atoms with E-state index in [-0.39, 0.29) is 11.6 Å².